The highest BCUT2D eigenvalue weighted by Crippen LogP contribution is 2.27. The van der Waals surface area contributed by atoms with E-state index in [2.05, 4.69) is 31.4 Å². The average molecular weight is 517 g/mol. The van der Waals surface area contributed by atoms with E-state index in [0.717, 1.165) is 10.2 Å². The third-order valence-corrected chi connectivity index (χ3v) is 5.47. The van der Waals surface area contributed by atoms with Crippen molar-refractivity contribution in [3.05, 3.63) is 62.9 Å². The highest BCUT2D eigenvalue weighted by Gasteiger charge is 2.10. The van der Waals surface area contributed by atoms with E-state index < -0.39 is 0 Å². The molecule has 1 amide bonds. The summed E-state index contributed by atoms with van der Waals surface area (Å²) in [4.78, 5) is 12.0. The summed E-state index contributed by atoms with van der Waals surface area (Å²) in [6, 6.07) is 12.4. The van der Waals surface area contributed by atoms with Crippen LogP contribution >= 0.6 is 50.9 Å². The predicted molar refractivity (Wildman–Crippen MR) is 118 cm³/mol. The summed E-state index contributed by atoms with van der Waals surface area (Å²) in [5.74, 6) is 1.10. The van der Waals surface area contributed by atoms with Crippen LogP contribution in [0.4, 0.5) is 5.69 Å². The first-order valence-electron chi connectivity index (χ1n) is 8.58. The maximum atomic E-state index is 12.0. The molecular weight excluding hydrogens is 501 g/mol. The van der Waals surface area contributed by atoms with E-state index in [1.165, 1.54) is 11.8 Å². The molecule has 1 N–H and O–H groups in total. The Morgan fingerprint density at radius 3 is 2.72 bits per heavy atom. The Kier molecular flexibility index (Phi) is 8.23. The van der Waals surface area contributed by atoms with Gasteiger partial charge in [-0.2, -0.15) is 0 Å². The molecule has 0 saturated carbocycles. The molecule has 0 bridgehead atoms. The minimum absolute atomic E-state index is 0.148. The number of nitrogens with zero attached hydrogens (tertiary/aromatic N) is 2. The number of halogens is 3. The van der Waals surface area contributed by atoms with E-state index in [-0.39, 0.29) is 11.7 Å². The molecule has 0 aliphatic heterocycles. The summed E-state index contributed by atoms with van der Waals surface area (Å²) in [7, 11) is 0. The van der Waals surface area contributed by atoms with Gasteiger partial charge in [-0.3, -0.25) is 4.79 Å². The van der Waals surface area contributed by atoms with Crippen molar-refractivity contribution in [3.8, 4) is 5.75 Å². The number of rotatable bonds is 9. The summed E-state index contributed by atoms with van der Waals surface area (Å²) in [6.45, 7) is 0.446. The van der Waals surface area contributed by atoms with Crippen molar-refractivity contribution >= 4 is 62.5 Å². The van der Waals surface area contributed by atoms with Crippen molar-refractivity contribution < 1.29 is 13.9 Å². The summed E-state index contributed by atoms with van der Waals surface area (Å²) in [5, 5.41) is 12.1. The topological polar surface area (TPSA) is 77.2 Å². The fourth-order valence-electron chi connectivity index (χ4n) is 2.25. The monoisotopic (exact) mass is 515 g/mol. The predicted octanol–water partition coefficient (Wildman–Crippen LogP) is 5.88. The number of hydrogen-bond acceptors (Lipinski definition) is 6. The first-order valence-corrected chi connectivity index (χ1v) is 11.1. The second-order valence-electron chi connectivity index (χ2n) is 5.83. The minimum Gasteiger partial charge on any atom is -0.492 e. The molecule has 1 aromatic heterocycles. The van der Waals surface area contributed by atoms with Gasteiger partial charge in [-0.15, -0.1) is 10.2 Å². The van der Waals surface area contributed by atoms with Crippen molar-refractivity contribution in [3.63, 3.8) is 0 Å². The zero-order valence-corrected chi connectivity index (χ0v) is 18.9. The van der Waals surface area contributed by atoms with Crippen LogP contribution in [0.25, 0.3) is 0 Å². The lowest BCUT2D eigenvalue weighted by atomic mass is 10.3. The van der Waals surface area contributed by atoms with E-state index in [9.17, 15) is 4.79 Å². The van der Waals surface area contributed by atoms with Gasteiger partial charge in [-0.25, -0.2) is 0 Å². The Bertz CT molecular complexity index is 970. The summed E-state index contributed by atoms with van der Waals surface area (Å²) < 4.78 is 12.1. The summed E-state index contributed by atoms with van der Waals surface area (Å²) >= 11 is 16.5. The maximum Gasteiger partial charge on any atom is 0.277 e. The lowest BCUT2D eigenvalue weighted by Gasteiger charge is -2.07. The number of nitrogens with one attached hydrogen (secondary N) is 1. The largest absolute Gasteiger partial charge is 0.492 e. The lowest BCUT2D eigenvalue weighted by Crippen LogP contribution is -2.13. The van der Waals surface area contributed by atoms with Gasteiger partial charge in [-0.1, -0.05) is 50.9 Å². The van der Waals surface area contributed by atoms with Gasteiger partial charge < -0.3 is 14.5 Å². The Morgan fingerprint density at radius 1 is 1.17 bits per heavy atom. The number of anilines is 1. The first-order chi connectivity index (χ1) is 14.0. The van der Waals surface area contributed by atoms with E-state index in [1.54, 1.807) is 18.2 Å². The van der Waals surface area contributed by atoms with Crippen LogP contribution in [0.15, 0.2) is 56.6 Å². The van der Waals surface area contributed by atoms with Gasteiger partial charge in [0.05, 0.1) is 17.4 Å². The Labute approximate surface area is 190 Å². The highest BCUT2D eigenvalue weighted by atomic mass is 79.9. The molecule has 3 aromatic rings. The quantitative estimate of drug-likeness (QED) is 0.282. The molecule has 10 heteroatoms. The number of carbonyl (C=O) groups excluding carboxylic acids is 1. The Balaban J connectivity index is 1.37. The van der Waals surface area contributed by atoms with Crippen molar-refractivity contribution in [2.75, 3.05) is 17.7 Å². The molecule has 0 fully saturated rings. The number of amides is 1. The van der Waals surface area contributed by atoms with Crippen LogP contribution < -0.4 is 10.1 Å². The van der Waals surface area contributed by atoms with Gasteiger partial charge >= 0.3 is 0 Å². The van der Waals surface area contributed by atoms with Crippen LogP contribution in [-0.2, 0) is 11.2 Å². The zero-order chi connectivity index (χ0) is 20.6. The fraction of sp³-hybridized carbons (Fsp3) is 0.211. The van der Waals surface area contributed by atoms with Crippen LogP contribution in [0, 0.1) is 0 Å². The molecule has 0 spiro atoms. The highest BCUT2D eigenvalue weighted by molar-refractivity contribution is 9.10. The molecule has 29 heavy (non-hydrogen) atoms. The van der Waals surface area contributed by atoms with Gasteiger partial charge in [0.2, 0.25) is 11.8 Å². The van der Waals surface area contributed by atoms with Crippen LogP contribution in [0.2, 0.25) is 10.0 Å². The summed E-state index contributed by atoms with van der Waals surface area (Å²) in [5.41, 5.74) is 0.728. The average Bonchev–Trinajstić information content (AvgIpc) is 3.15. The second kappa shape index (κ2) is 10.9. The number of ether oxygens (including phenoxy) is 1. The normalized spacial score (nSPS) is 10.7. The van der Waals surface area contributed by atoms with Crippen LogP contribution in [0.1, 0.15) is 12.3 Å². The van der Waals surface area contributed by atoms with E-state index in [1.807, 2.05) is 24.3 Å². The smallest absolute Gasteiger partial charge is 0.277 e. The lowest BCUT2D eigenvalue weighted by molar-refractivity contribution is -0.113. The number of benzene rings is 2. The molecule has 0 radical (unpaired) electrons. The van der Waals surface area contributed by atoms with Gasteiger partial charge in [0.25, 0.3) is 5.22 Å². The Hall–Kier alpha value is -1.74. The molecular formula is C19H16BrCl2N3O3S. The Morgan fingerprint density at radius 2 is 1.97 bits per heavy atom. The van der Waals surface area contributed by atoms with Gasteiger partial charge in [0.1, 0.15) is 5.75 Å². The molecule has 1 heterocycles. The van der Waals surface area contributed by atoms with Crippen LogP contribution in [-0.4, -0.2) is 28.5 Å². The second-order valence-corrected chi connectivity index (χ2v) is 8.52. The molecule has 0 atom stereocenters. The van der Waals surface area contributed by atoms with Gasteiger partial charge in [-0.05, 0) is 48.9 Å². The number of aryl methyl sites for hydroxylation is 1. The van der Waals surface area contributed by atoms with E-state index in [4.69, 9.17) is 32.4 Å². The molecule has 2 aromatic carbocycles. The molecule has 0 aliphatic rings. The minimum atomic E-state index is -0.148. The SMILES string of the molecule is O=C(CSc1nnc(CCCOc2ccc(Cl)cc2Cl)o1)Nc1ccc(Br)cc1. The molecule has 0 aliphatic carbocycles. The van der Waals surface area contributed by atoms with Crippen molar-refractivity contribution in [1.82, 2.24) is 10.2 Å². The number of thioether (sulfide) groups is 1. The standard InChI is InChI=1S/C19H16BrCl2N3O3S/c20-12-3-6-14(7-4-12)23-17(26)11-29-19-25-24-18(28-19)2-1-9-27-16-8-5-13(21)10-15(16)22/h3-8,10H,1-2,9,11H2,(H,23,26). The first kappa shape index (κ1) is 22.0. The zero-order valence-electron chi connectivity index (χ0n) is 15.0. The van der Waals surface area contributed by atoms with E-state index >= 15 is 0 Å². The molecule has 152 valence electrons. The molecule has 0 saturated heterocycles. The van der Waals surface area contributed by atoms with E-state index in [0.29, 0.717) is 46.4 Å². The van der Waals surface area contributed by atoms with Crippen molar-refractivity contribution in [2.24, 2.45) is 0 Å². The van der Waals surface area contributed by atoms with Gasteiger partial charge in [0.15, 0.2) is 0 Å². The number of hydrogen-bond donors (Lipinski definition) is 1. The third-order valence-electron chi connectivity index (χ3n) is 3.59. The molecule has 3 rings (SSSR count). The fourth-order valence-corrected chi connectivity index (χ4v) is 3.56. The number of aromatic nitrogens is 2. The van der Waals surface area contributed by atoms with Crippen LogP contribution in [0.3, 0.4) is 0 Å². The molecule has 0 unspecified atom stereocenters. The third kappa shape index (κ3) is 7.22. The van der Waals surface area contributed by atoms with Crippen molar-refractivity contribution in [2.45, 2.75) is 18.1 Å². The maximum absolute atomic E-state index is 12.0. The van der Waals surface area contributed by atoms with Crippen LogP contribution in [0.5, 0.6) is 5.75 Å². The number of carbonyl (C=O) groups is 1. The van der Waals surface area contributed by atoms with Gasteiger partial charge in [0, 0.05) is 21.6 Å². The molecule has 6 nitrogen and oxygen atoms in total. The summed E-state index contributed by atoms with van der Waals surface area (Å²) in [6.07, 6.45) is 1.24. The van der Waals surface area contributed by atoms with Crippen molar-refractivity contribution in [1.29, 1.82) is 0 Å².